The molecule has 0 spiro atoms. The molecule has 2 N–H and O–H groups in total. The number of hydrogen-bond donors (Lipinski definition) is 2. The number of carbonyl (C=O) groups is 2. The fourth-order valence-corrected chi connectivity index (χ4v) is 2.88. The minimum absolute atomic E-state index is 0.0487. The van der Waals surface area contributed by atoms with Crippen LogP contribution < -0.4 is 10.6 Å². The predicted octanol–water partition coefficient (Wildman–Crippen LogP) is 1.99. The van der Waals surface area contributed by atoms with Crippen LogP contribution in [0, 0.1) is 13.8 Å². The highest BCUT2D eigenvalue weighted by Gasteiger charge is 2.21. The third-order valence-electron chi connectivity index (χ3n) is 3.34. The fraction of sp³-hybridized carbons (Fsp3) is 0.438. The fourth-order valence-electron chi connectivity index (χ4n) is 2.07. The number of hydrogen-bond acceptors (Lipinski definition) is 6. The van der Waals surface area contributed by atoms with Crippen LogP contribution in [0.4, 0.5) is 4.79 Å². The number of amides is 3. The number of urea groups is 1. The average Bonchev–Trinajstić information content (AvgIpc) is 2.96. The number of aryl methyl sites for hydroxylation is 2. The van der Waals surface area contributed by atoms with E-state index in [1.54, 1.807) is 11.6 Å². The van der Waals surface area contributed by atoms with E-state index >= 15 is 0 Å². The molecule has 0 aliphatic rings. The van der Waals surface area contributed by atoms with E-state index in [1.165, 1.54) is 11.8 Å². The maximum absolute atomic E-state index is 12.2. The largest absolute Gasteiger partial charge is 0.336 e. The van der Waals surface area contributed by atoms with Crippen LogP contribution >= 0.6 is 11.8 Å². The van der Waals surface area contributed by atoms with Gasteiger partial charge in [0.1, 0.15) is 0 Å². The third kappa shape index (κ3) is 5.02. The van der Waals surface area contributed by atoms with Gasteiger partial charge in [0.2, 0.25) is 11.1 Å². The first-order chi connectivity index (χ1) is 11.8. The highest BCUT2D eigenvalue weighted by molar-refractivity contribution is 8.00. The Morgan fingerprint density at radius 1 is 1.20 bits per heavy atom. The van der Waals surface area contributed by atoms with Crippen LogP contribution in [0.5, 0.6) is 0 Å². The highest BCUT2D eigenvalue weighted by Crippen LogP contribution is 2.24. The van der Waals surface area contributed by atoms with Gasteiger partial charge in [-0.15, -0.1) is 5.10 Å². The zero-order valence-electron chi connectivity index (χ0n) is 14.9. The molecule has 0 aliphatic heterocycles. The molecule has 2 rings (SSSR count). The van der Waals surface area contributed by atoms with Crippen molar-refractivity contribution in [2.45, 2.75) is 51.1 Å². The van der Waals surface area contributed by atoms with Crippen LogP contribution in [0.2, 0.25) is 0 Å². The third-order valence-corrected chi connectivity index (χ3v) is 4.37. The standard InChI is InChI=1S/C16H22N6O2S/c1-9(2)17-15(24)18-14(23)12(5)25-16-19-20-21-22(16)13-8-10(3)6-7-11(13)4/h6-9,12H,1-5H3,(H2,17,18,23,24)/t12-/m0/s1. The first-order valence-corrected chi connectivity index (χ1v) is 8.80. The van der Waals surface area contributed by atoms with Crippen molar-refractivity contribution in [3.63, 3.8) is 0 Å². The topological polar surface area (TPSA) is 102 Å². The predicted molar refractivity (Wildman–Crippen MR) is 95.8 cm³/mol. The van der Waals surface area contributed by atoms with E-state index in [9.17, 15) is 9.59 Å². The van der Waals surface area contributed by atoms with E-state index in [-0.39, 0.29) is 6.04 Å². The van der Waals surface area contributed by atoms with Gasteiger partial charge < -0.3 is 5.32 Å². The first-order valence-electron chi connectivity index (χ1n) is 7.92. The molecule has 1 aromatic heterocycles. The van der Waals surface area contributed by atoms with Crippen molar-refractivity contribution in [1.29, 1.82) is 0 Å². The van der Waals surface area contributed by atoms with E-state index in [0.29, 0.717) is 5.16 Å². The molecule has 8 nitrogen and oxygen atoms in total. The summed E-state index contributed by atoms with van der Waals surface area (Å²) in [6.07, 6.45) is 0. The number of imide groups is 1. The second kappa shape index (κ2) is 8.11. The monoisotopic (exact) mass is 362 g/mol. The van der Waals surface area contributed by atoms with Crippen molar-refractivity contribution >= 4 is 23.7 Å². The Labute approximate surface area is 150 Å². The molecule has 1 aromatic carbocycles. The molecule has 1 atom stereocenters. The van der Waals surface area contributed by atoms with Gasteiger partial charge in [0.25, 0.3) is 0 Å². The number of aromatic nitrogens is 4. The summed E-state index contributed by atoms with van der Waals surface area (Å²) in [6, 6.07) is 5.43. The summed E-state index contributed by atoms with van der Waals surface area (Å²) in [5.74, 6) is -0.404. The molecule has 0 saturated carbocycles. The molecule has 1 heterocycles. The van der Waals surface area contributed by atoms with Gasteiger partial charge in [-0.25, -0.2) is 4.79 Å². The molecule has 0 unspecified atom stereocenters. The lowest BCUT2D eigenvalue weighted by Crippen LogP contribution is -2.45. The van der Waals surface area contributed by atoms with E-state index in [0.717, 1.165) is 16.8 Å². The van der Waals surface area contributed by atoms with Crippen LogP contribution in [0.1, 0.15) is 31.9 Å². The SMILES string of the molecule is Cc1ccc(C)c(-n2nnnc2S[C@@H](C)C(=O)NC(=O)NC(C)C)c1. The van der Waals surface area contributed by atoms with Crippen molar-refractivity contribution in [1.82, 2.24) is 30.8 Å². The molecular formula is C16H22N6O2S. The maximum Gasteiger partial charge on any atom is 0.321 e. The van der Waals surface area contributed by atoms with Crippen LogP contribution in [0.15, 0.2) is 23.4 Å². The second-order valence-corrected chi connectivity index (χ2v) is 7.35. The molecule has 134 valence electrons. The summed E-state index contributed by atoms with van der Waals surface area (Å²) in [5, 5.41) is 16.6. The van der Waals surface area contributed by atoms with Crippen LogP contribution in [0.25, 0.3) is 5.69 Å². The first kappa shape index (κ1) is 18.9. The van der Waals surface area contributed by atoms with Gasteiger partial charge in [0.05, 0.1) is 10.9 Å². The number of tetrazole rings is 1. The zero-order chi connectivity index (χ0) is 18.6. The van der Waals surface area contributed by atoms with Crippen molar-refractivity contribution in [3.8, 4) is 5.69 Å². The Morgan fingerprint density at radius 2 is 1.92 bits per heavy atom. The zero-order valence-corrected chi connectivity index (χ0v) is 15.7. The van der Waals surface area contributed by atoms with Gasteiger partial charge >= 0.3 is 6.03 Å². The van der Waals surface area contributed by atoms with Gasteiger partial charge in [0, 0.05) is 6.04 Å². The molecule has 9 heteroatoms. The summed E-state index contributed by atoms with van der Waals surface area (Å²) < 4.78 is 1.60. The van der Waals surface area contributed by atoms with Crippen molar-refractivity contribution in [2.24, 2.45) is 0 Å². The number of nitrogens with zero attached hydrogens (tertiary/aromatic N) is 4. The Balaban J connectivity index is 2.11. The Bertz CT molecular complexity index is 774. The van der Waals surface area contributed by atoms with Crippen molar-refractivity contribution in [3.05, 3.63) is 29.3 Å². The van der Waals surface area contributed by atoms with Gasteiger partial charge in [-0.2, -0.15) is 4.68 Å². The molecule has 2 aromatic rings. The van der Waals surface area contributed by atoms with Crippen LogP contribution in [-0.2, 0) is 4.79 Å². The molecule has 0 saturated heterocycles. The Hall–Kier alpha value is -2.42. The highest BCUT2D eigenvalue weighted by atomic mass is 32.2. The molecule has 3 amide bonds. The minimum atomic E-state index is -0.534. The summed E-state index contributed by atoms with van der Waals surface area (Å²) in [7, 11) is 0. The lowest BCUT2D eigenvalue weighted by atomic mass is 10.1. The van der Waals surface area contributed by atoms with E-state index in [4.69, 9.17) is 0 Å². The number of nitrogens with one attached hydrogen (secondary N) is 2. The molecule has 0 fully saturated rings. The number of rotatable bonds is 5. The van der Waals surface area contributed by atoms with Crippen molar-refractivity contribution in [2.75, 3.05) is 0 Å². The normalized spacial score (nSPS) is 12.1. The number of carbonyl (C=O) groups excluding carboxylic acids is 2. The second-order valence-electron chi connectivity index (χ2n) is 6.04. The maximum atomic E-state index is 12.2. The Kier molecular flexibility index (Phi) is 6.13. The minimum Gasteiger partial charge on any atom is -0.336 e. The van der Waals surface area contributed by atoms with Gasteiger partial charge in [-0.1, -0.05) is 23.9 Å². The van der Waals surface area contributed by atoms with Crippen molar-refractivity contribution < 1.29 is 9.59 Å². The van der Waals surface area contributed by atoms with E-state index in [1.807, 2.05) is 45.9 Å². The quantitative estimate of drug-likeness (QED) is 0.789. The average molecular weight is 362 g/mol. The van der Waals surface area contributed by atoms with Gasteiger partial charge in [-0.05, 0) is 62.2 Å². The van der Waals surface area contributed by atoms with Gasteiger partial charge in [0.15, 0.2) is 0 Å². The smallest absolute Gasteiger partial charge is 0.321 e. The molecular weight excluding hydrogens is 340 g/mol. The lowest BCUT2D eigenvalue weighted by Gasteiger charge is -2.13. The number of thioether (sulfide) groups is 1. The van der Waals surface area contributed by atoms with E-state index < -0.39 is 17.2 Å². The number of benzene rings is 1. The summed E-state index contributed by atoms with van der Waals surface area (Å²) in [4.78, 5) is 23.8. The molecule has 25 heavy (non-hydrogen) atoms. The molecule has 0 aliphatic carbocycles. The summed E-state index contributed by atoms with van der Waals surface area (Å²) in [5.41, 5.74) is 2.97. The Morgan fingerprint density at radius 3 is 2.60 bits per heavy atom. The van der Waals surface area contributed by atoms with Crippen LogP contribution in [-0.4, -0.2) is 43.4 Å². The molecule has 0 bridgehead atoms. The van der Waals surface area contributed by atoms with Gasteiger partial charge in [-0.3, -0.25) is 10.1 Å². The molecule has 0 radical (unpaired) electrons. The van der Waals surface area contributed by atoms with E-state index in [2.05, 4.69) is 26.2 Å². The summed E-state index contributed by atoms with van der Waals surface area (Å²) in [6.45, 7) is 9.30. The summed E-state index contributed by atoms with van der Waals surface area (Å²) >= 11 is 1.19. The van der Waals surface area contributed by atoms with Crippen LogP contribution in [0.3, 0.4) is 0 Å². The lowest BCUT2D eigenvalue weighted by molar-refractivity contribution is -0.119.